The highest BCUT2D eigenvalue weighted by atomic mass is 28.3. The second-order valence-corrected chi connectivity index (χ2v) is 11.1. The molecule has 1 aromatic rings. The van der Waals surface area contributed by atoms with Crippen LogP contribution < -0.4 is 0 Å². The fourth-order valence-corrected chi connectivity index (χ4v) is 2.73. The molecule has 0 saturated heterocycles. The Hall–Kier alpha value is -2.06. The molecule has 0 amide bonds. The molecule has 1 rings (SSSR count). The highest BCUT2D eigenvalue weighted by Gasteiger charge is 2.37. The first-order chi connectivity index (χ1) is 11.3. The first-order valence-electron chi connectivity index (χ1n) is 8.21. The third kappa shape index (κ3) is 6.21. The Balaban J connectivity index is 3.35. The summed E-state index contributed by atoms with van der Waals surface area (Å²) in [5.74, 6) is 0.342. The molecule has 0 aliphatic carbocycles. The molecule has 0 aliphatic heterocycles. The molecule has 1 unspecified atom stereocenters. The van der Waals surface area contributed by atoms with Crippen LogP contribution in [0.2, 0.25) is 19.6 Å². The first-order valence-corrected chi connectivity index (χ1v) is 11.7. The molecule has 5 heteroatoms. The van der Waals surface area contributed by atoms with Gasteiger partial charge in [-0.1, -0.05) is 50.0 Å². The van der Waals surface area contributed by atoms with E-state index >= 15 is 0 Å². The average molecular weight is 346 g/mol. The molecule has 130 valence electrons. The fourth-order valence-electron chi connectivity index (χ4n) is 2.15. The molecule has 4 nitrogen and oxygen atoms in total. The van der Waals surface area contributed by atoms with E-state index in [2.05, 4.69) is 31.1 Å². The zero-order valence-corrected chi connectivity index (χ0v) is 16.1. The third-order valence-corrected chi connectivity index (χ3v) is 4.07. The number of hydrogen-bond acceptors (Lipinski definition) is 4. The highest BCUT2D eigenvalue weighted by molar-refractivity contribution is 6.83. The molecular formula is C19H26O4Si. The van der Waals surface area contributed by atoms with Crippen LogP contribution in [-0.2, 0) is 19.1 Å². The molecule has 0 aliphatic rings. The van der Waals surface area contributed by atoms with Crippen molar-refractivity contribution in [2.24, 2.45) is 5.92 Å². The summed E-state index contributed by atoms with van der Waals surface area (Å²) < 4.78 is 10.2. The minimum Gasteiger partial charge on any atom is -0.465 e. The van der Waals surface area contributed by atoms with Crippen LogP contribution in [0.5, 0.6) is 0 Å². The number of carbonyl (C=O) groups excluding carboxylic acids is 2. The molecule has 1 aromatic carbocycles. The van der Waals surface area contributed by atoms with E-state index in [1.165, 1.54) is 0 Å². The fraction of sp³-hybridized carbons (Fsp3) is 0.474. The van der Waals surface area contributed by atoms with Gasteiger partial charge in [0.15, 0.2) is 5.92 Å². The van der Waals surface area contributed by atoms with Crippen LogP contribution in [0.1, 0.15) is 25.3 Å². The number of rotatable bonds is 6. The van der Waals surface area contributed by atoms with Gasteiger partial charge in [0.05, 0.1) is 19.1 Å². The highest BCUT2D eigenvalue weighted by Crippen LogP contribution is 2.27. The lowest BCUT2D eigenvalue weighted by Crippen LogP contribution is -2.33. The van der Waals surface area contributed by atoms with E-state index in [1.807, 2.05) is 30.3 Å². The van der Waals surface area contributed by atoms with Gasteiger partial charge in [-0.25, -0.2) is 0 Å². The van der Waals surface area contributed by atoms with Gasteiger partial charge in [-0.2, -0.15) is 0 Å². The Labute approximate surface area is 145 Å². The number of ether oxygens (including phenoxy) is 2. The molecule has 0 radical (unpaired) electrons. The van der Waals surface area contributed by atoms with Crippen molar-refractivity contribution in [3.8, 4) is 11.5 Å². The van der Waals surface area contributed by atoms with E-state index in [4.69, 9.17) is 9.47 Å². The summed E-state index contributed by atoms with van der Waals surface area (Å²) in [6.07, 6.45) is 0. The summed E-state index contributed by atoms with van der Waals surface area (Å²) in [6, 6.07) is 9.36. The second-order valence-electron chi connectivity index (χ2n) is 6.39. The topological polar surface area (TPSA) is 52.6 Å². The first kappa shape index (κ1) is 20.0. The van der Waals surface area contributed by atoms with E-state index in [1.54, 1.807) is 13.8 Å². The van der Waals surface area contributed by atoms with E-state index in [-0.39, 0.29) is 13.2 Å². The molecule has 0 N–H and O–H groups in total. The molecule has 0 heterocycles. The van der Waals surface area contributed by atoms with Crippen LogP contribution in [0.15, 0.2) is 30.3 Å². The van der Waals surface area contributed by atoms with E-state index in [0.29, 0.717) is 0 Å². The monoisotopic (exact) mass is 346 g/mol. The Bertz CT molecular complexity index is 590. The van der Waals surface area contributed by atoms with Crippen molar-refractivity contribution in [3.05, 3.63) is 35.9 Å². The van der Waals surface area contributed by atoms with Gasteiger partial charge >= 0.3 is 11.9 Å². The molecule has 24 heavy (non-hydrogen) atoms. The molecule has 0 bridgehead atoms. The van der Waals surface area contributed by atoms with Crippen molar-refractivity contribution >= 4 is 20.0 Å². The predicted octanol–water partition coefficient (Wildman–Crippen LogP) is 3.39. The molecule has 1 atom stereocenters. The van der Waals surface area contributed by atoms with E-state index < -0.39 is 31.8 Å². The quantitative estimate of drug-likeness (QED) is 0.343. The Morgan fingerprint density at radius 1 is 1.00 bits per heavy atom. The van der Waals surface area contributed by atoms with E-state index in [0.717, 1.165) is 5.56 Å². The smallest absolute Gasteiger partial charge is 0.321 e. The Morgan fingerprint density at radius 2 is 1.50 bits per heavy atom. The average Bonchev–Trinajstić information content (AvgIpc) is 2.51. The van der Waals surface area contributed by atoms with Crippen LogP contribution in [0.3, 0.4) is 0 Å². The molecular weight excluding hydrogens is 320 g/mol. The third-order valence-electron chi connectivity index (χ3n) is 3.18. The van der Waals surface area contributed by atoms with Crippen LogP contribution in [0.4, 0.5) is 0 Å². The van der Waals surface area contributed by atoms with Gasteiger partial charge in [-0.05, 0) is 19.4 Å². The van der Waals surface area contributed by atoms with Crippen molar-refractivity contribution in [2.75, 3.05) is 13.2 Å². The number of carbonyl (C=O) groups is 2. The maximum Gasteiger partial charge on any atom is 0.321 e. The number of hydrogen-bond donors (Lipinski definition) is 0. The minimum atomic E-state index is -1.67. The number of benzene rings is 1. The summed E-state index contributed by atoms with van der Waals surface area (Å²) in [5.41, 5.74) is 4.08. The normalized spacial score (nSPS) is 12.1. The zero-order chi connectivity index (χ0) is 18.2. The Morgan fingerprint density at radius 3 is 1.92 bits per heavy atom. The number of esters is 2. The lowest BCUT2D eigenvalue weighted by atomic mass is 9.86. The maximum absolute atomic E-state index is 12.4. The van der Waals surface area contributed by atoms with Gasteiger partial charge in [-0.15, -0.1) is 11.5 Å². The standard InChI is InChI=1S/C19H26O4Si/c1-6-22-18(20)17(19(21)23-7-2)16(13-14-24(3,4)5)15-11-9-8-10-12-15/h8-12,16-17H,6-7H2,1-5H3. The summed E-state index contributed by atoms with van der Waals surface area (Å²) in [5, 5.41) is 0. The van der Waals surface area contributed by atoms with E-state index in [9.17, 15) is 9.59 Å². The van der Waals surface area contributed by atoms with Crippen LogP contribution in [-0.4, -0.2) is 33.2 Å². The lowest BCUT2D eigenvalue weighted by Gasteiger charge is -2.21. The van der Waals surface area contributed by atoms with Gasteiger partial charge in [0.1, 0.15) is 8.07 Å². The Kier molecular flexibility index (Phi) is 7.73. The SMILES string of the molecule is CCOC(=O)C(C(=O)OCC)C(C#C[Si](C)(C)C)c1ccccc1. The zero-order valence-electron chi connectivity index (χ0n) is 15.1. The van der Waals surface area contributed by atoms with Crippen molar-refractivity contribution < 1.29 is 19.1 Å². The summed E-state index contributed by atoms with van der Waals surface area (Å²) in [4.78, 5) is 24.8. The van der Waals surface area contributed by atoms with Gasteiger partial charge in [0.25, 0.3) is 0 Å². The lowest BCUT2D eigenvalue weighted by molar-refractivity contribution is -0.162. The van der Waals surface area contributed by atoms with Gasteiger partial charge in [-0.3, -0.25) is 9.59 Å². The molecule has 0 spiro atoms. The van der Waals surface area contributed by atoms with Crippen LogP contribution in [0, 0.1) is 17.4 Å². The summed E-state index contributed by atoms with van der Waals surface area (Å²) >= 11 is 0. The predicted molar refractivity (Wildman–Crippen MR) is 97.1 cm³/mol. The maximum atomic E-state index is 12.4. The molecule has 0 saturated carbocycles. The van der Waals surface area contributed by atoms with Crippen molar-refractivity contribution in [1.29, 1.82) is 0 Å². The van der Waals surface area contributed by atoms with Crippen molar-refractivity contribution in [2.45, 2.75) is 39.4 Å². The summed E-state index contributed by atoms with van der Waals surface area (Å²) in [6.45, 7) is 10.2. The van der Waals surface area contributed by atoms with Crippen molar-refractivity contribution in [1.82, 2.24) is 0 Å². The summed E-state index contributed by atoms with van der Waals surface area (Å²) in [7, 11) is -1.67. The van der Waals surface area contributed by atoms with Gasteiger partial charge in [0, 0.05) is 0 Å². The van der Waals surface area contributed by atoms with Crippen LogP contribution >= 0.6 is 0 Å². The largest absolute Gasteiger partial charge is 0.465 e. The van der Waals surface area contributed by atoms with Crippen molar-refractivity contribution in [3.63, 3.8) is 0 Å². The van der Waals surface area contributed by atoms with Crippen LogP contribution in [0.25, 0.3) is 0 Å². The minimum absolute atomic E-state index is 0.206. The van der Waals surface area contributed by atoms with Gasteiger partial charge < -0.3 is 9.47 Å². The molecule has 0 aromatic heterocycles. The molecule has 0 fully saturated rings. The second kappa shape index (κ2) is 9.29. The van der Waals surface area contributed by atoms with Gasteiger partial charge in [0.2, 0.25) is 0 Å².